The summed E-state index contributed by atoms with van der Waals surface area (Å²) in [6.07, 6.45) is 2.84. The van der Waals surface area contributed by atoms with Crippen molar-refractivity contribution in [1.29, 1.82) is 0 Å². The lowest BCUT2D eigenvalue weighted by Gasteiger charge is -2.29. The van der Waals surface area contributed by atoms with Gasteiger partial charge in [-0.2, -0.15) is 0 Å². The second-order valence-electron chi connectivity index (χ2n) is 6.70. The molecule has 3 rings (SSSR count). The van der Waals surface area contributed by atoms with Gasteiger partial charge in [-0.05, 0) is 62.3 Å². The van der Waals surface area contributed by atoms with Gasteiger partial charge in [0.05, 0.1) is 18.8 Å². The monoisotopic (exact) mass is 341 g/mol. The van der Waals surface area contributed by atoms with Crippen LogP contribution in [0.3, 0.4) is 0 Å². The molecule has 0 fully saturated rings. The fourth-order valence-electron chi connectivity index (χ4n) is 3.22. The first kappa shape index (κ1) is 17.7. The van der Waals surface area contributed by atoms with Crippen LogP contribution in [0.2, 0.25) is 0 Å². The van der Waals surface area contributed by atoms with Crippen LogP contribution in [0.15, 0.2) is 30.5 Å². The van der Waals surface area contributed by atoms with E-state index in [1.165, 1.54) is 16.7 Å². The number of rotatable bonds is 6. The molecule has 1 aromatic heterocycles. The summed E-state index contributed by atoms with van der Waals surface area (Å²) in [6.45, 7) is 4.53. The highest BCUT2D eigenvalue weighted by Gasteiger charge is 2.25. The lowest BCUT2D eigenvalue weighted by molar-refractivity contribution is 0.250. The van der Waals surface area contributed by atoms with E-state index in [1.807, 2.05) is 26.4 Å². The zero-order valence-corrected chi connectivity index (χ0v) is 15.5. The number of nitrogens with one attached hydrogen (secondary N) is 1. The summed E-state index contributed by atoms with van der Waals surface area (Å²) >= 11 is 0. The van der Waals surface area contributed by atoms with Gasteiger partial charge in [-0.25, -0.2) is 0 Å². The van der Waals surface area contributed by atoms with Crippen LogP contribution in [0.5, 0.6) is 11.5 Å². The predicted molar refractivity (Wildman–Crippen MR) is 99.6 cm³/mol. The van der Waals surface area contributed by atoms with Crippen molar-refractivity contribution in [1.82, 2.24) is 15.2 Å². The van der Waals surface area contributed by atoms with Gasteiger partial charge in [-0.15, -0.1) is 0 Å². The smallest absolute Gasteiger partial charge is 0.161 e. The summed E-state index contributed by atoms with van der Waals surface area (Å²) in [5.41, 5.74) is 4.80. The van der Waals surface area contributed by atoms with E-state index in [1.54, 1.807) is 7.11 Å². The van der Waals surface area contributed by atoms with Crippen LogP contribution in [0.1, 0.15) is 28.4 Å². The summed E-state index contributed by atoms with van der Waals surface area (Å²) < 4.78 is 11.6. The zero-order valence-electron chi connectivity index (χ0n) is 15.5. The van der Waals surface area contributed by atoms with Gasteiger partial charge < -0.3 is 19.7 Å². The molecule has 5 heteroatoms. The van der Waals surface area contributed by atoms with Crippen molar-refractivity contribution in [3.8, 4) is 11.5 Å². The summed E-state index contributed by atoms with van der Waals surface area (Å²) in [4.78, 5) is 6.72. The van der Waals surface area contributed by atoms with E-state index >= 15 is 0 Å². The van der Waals surface area contributed by atoms with Crippen LogP contribution in [0.4, 0.5) is 0 Å². The van der Waals surface area contributed by atoms with E-state index in [4.69, 9.17) is 9.47 Å². The first-order chi connectivity index (χ1) is 12.1. The second-order valence-corrected chi connectivity index (χ2v) is 6.70. The molecular weight excluding hydrogens is 314 g/mol. The Kier molecular flexibility index (Phi) is 5.56. The van der Waals surface area contributed by atoms with Crippen LogP contribution in [0.25, 0.3) is 0 Å². The molecule has 1 atom stereocenters. The highest BCUT2D eigenvalue weighted by atomic mass is 16.5. The number of ether oxygens (including phenoxy) is 2. The first-order valence-electron chi connectivity index (χ1n) is 8.73. The minimum atomic E-state index is 0.0899. The molecule has 0 radical (unpaired) electrons. The predicted octanol–water partition coefficient (Wildman–Crippen LogP) is 2.57. The van der Waals surface area contributed by atoms with E-state index in [-0.39, 0.29) is 6.04 Å². The minimum absolute atomic E-state index is 0.0899. The molecule has 25 heavy (non-hydrogen) atoms. The Bertz CT molecular complexity index is 731. The Morgan fingerprint density at radius 1 is 1.28 bits per heavy atom. The van der Waals surface area contributed by atoms with Crippen LogP contribution < -0.4 is 14.8 Å². The van der Waals surface area contributed by atoms with Gasteiger partial charge in [0.15, 0.2) is 11.5 Å². The number of hydrogen-bond acceptors (Lipinski definition) is 5. The summed E-state index contributed by atoms with van der Waals surface area (Å²) in [5.74, 6) is 1.60. The Hall–Kier alpha value is -2.11. The number of nitrogens with zero attached hydrogens (tertiary/aromatic N) is 2. The first-order valence-corrected chi connectivity index (χ1v) is 8.73. The molecular formula is C20H27N3O2. The summed E-state index contributed by atoms with van der Waals surface area (Å²) in [6, 6.07) is 8.41. The van der Waals surface area contributed by atoms with Gasteiger partial charge in [0.1, 0.15) is 6.61 Å². The number of aryl methyl sites for hydroxylation is 1. The molecule has 2 aromatic rings. The third-order valence-electron chi connectivity index (χ3n) is 4.60. The fourth-order valence-corrected chi connectivity index (χ4v) is 3.22. The molecule has 0 aliphatic carbocycles. The van der Waals surface area contributed by atoms with Crippen LogP contribution in [-0.2, 0) is 6.42 Å². The molecule has 1 aliphatic rings. The average molecular weight is 341 g/mol. The molecule has 0 saturated heterocycles. The number of aromatic nitrogens is 1. The van der Waals surface area contributed by atoms with E-state index in [2.05, 4.69) is 40.3 Å². The van der Waals surface area contributed by atoms with Gasteiger partial charge in [-0.1, -0.05) is 6.07 Å². The van der Waals surface area contributed by atoms with Gasteiger partial charge in [0.2, 0.25) is 0 Å². The number of hydrogen-bond donors (Lipinski definition) is 1. The van der Waals surface area contributed by atoms with Crippen LogP contribution >= 0.6 is 0 Å². The highest BCUT2D eigenvalue weighted by Crippen LogP contribution is 2.37. The third-order valence-corrected chi connectivity index (χ3v) is 4.60. The van der Waals surface area contributed by atoms with Crippen LogP contribution in [0, 0.1) is 6.92 Å². The number of pyridine rings is 1. The Labute approximate surface area is 150 Å². The van der Waals surface area contributed by atoms with E-state index in [0.29, 0.717) is 6.61 Å². The third kappa shape index (κ3) is 3.94. The molecule has 0 amide bonds. The number of fused-ring (bicyclic) bond motifs is 1. The zero-order chi connectivity index (χ0) is 17.8. The molecule has 5 nitrogen and oxygen atoms in total. The van der Waals surface area contributed by atoms with Crippen molar-refractivity contribution in [2.24, 2.45) is 0 Å². The van der Waals surface area contributed by atoms with E-state index in [9.17, 15) is 0 Å². The lowest BCUT2D eigenvalue weighted by Crippen LogP contribution is -2.31. The van der Waals surface area contributed by atoms with Crippen molar-refractivity contribution in [3.05, 3.63) is 52.8 Å². The maximum atomic E-state index is 6.00. The van der Waals surface area contributed by atoms with Crippen molar-refractivity contribution >= 4 is 0 Å². The van der Waals surface area contributed by atoms with Crippen molar-refractivity contribution in [2.45, 2.75) is 19.4 Å². The minimum Gasteiger partial charge on any atom is -0.493 e. The van der Waals surface area contributed by atoms with Crippen LogP contribution in [-0.4, -0.2) is 50.8 Å². The number of likely N-dealkylation sites (N-methyl/N-ethyl adjacent to an activating group) is 1. The van der Waals surface area contributed by atoms with Gasteiger partial charge in [0, 0.05) is 19.3 Å². The summed E-state index contributed by atoms with van der Waals surface area (Å²) in [5, 5.41) is 3.60. The maximum absolute atomic E-state index is 6.00. The Morgan fingerprint density at radius 3 is 2.84 bits per heavy atom. The quantitative estimate of drug-likeness (QED) is 0.875. The molecule has 0 saturated carbocycles. The molecule has 1 unspecified atom stereocenters. The molecule has 1 aromatic carbocycles. The molecule has 1 N–H and O–H groups in total. The average Bonchev–Trinajstić information content (AvgIpc) is 2.61. The molecule has 0 spiro atoms. The molecule has 0 bridgehead atoms. The highest BCUT2D eigenvalue weighted by molar-refractivity contribution is 5.51. The van der Waals surface area contributed by atoms with Gasteiger partial charge >= 0.3 is 0 Å². The maximum Gasteiger partial charge on any atom is 0.161 e. The van der Waals surface area contributed by atoms with Gasteiger partial charge in [-0.3, -0.25) is 4.98 Å². The Balaban J connectivity index is 1.95. The second kappa shape index (κ2) is 7.85. The summed E-state index contributed by atoms with van der Waals surface area (Å²) in [7, 11) is 5.77. The topological polar surface area (TPSA) is 46.6 Å². The SMILES string of the molecule is COc1cc2c(cc1OCCN(C)C)C(c1ncccc1C)NCC2. The molecule has 2 heterocycles. The number of methoxy groups -OCH3 is 1. The fraction of sp³-hybridized carbons (Fsp3) is 0.450. The molecule has 1 aliphatic heterocycles. The lowest BCUT2D eigenvalue weighted by atomic mass is 9.90. The van der Waals surface area contributed by atoms with Crippen molar-refractivity contribution in [2.75, 3.05) is 40.9 Å². The normalized spacial score (nSPS) is 16.6. The van der Waals surface area contributed by atoms with E-state index < -0.39 is 0 Å². The van der Waals surface area contributed by atoms with Crippen molar-refractivity contribution < 1.29 is 9.47 Å². The molecule has 134 valence electrons. The van der Waals surface area contributed by atoms with E-state index in [0.717, 1.165) is 36.7 Å². The standard InChI is InChI=1S/C20H27N3O2/c1-14-6-5-8-21-19(14)20-16-13-18(25-11-10-23(2)3)17(24-4)12-15(16)7-9-22-20/h5-6,8,12-13,20,22H,7,9-11H2,1-4H3. The van der Waals surface area contributed by atoms with Gasteiger partial charge in [0.25, 0.3) is 0 Å². The Morgan fingerprint density at radius 2 is 2.12 bits per heavy atom. The number of benzene rings is 1. The largest absolute Gasteiger partial charge is 0.493 e. The van der Waals surface area contributed by atoms with Crippen molar-refractivity contribution in [3.63, 3.8) is 0 Å².